The number of hydrogen-bond acceptors (Lipinski definition) is 5. The number of nitrogens with zero attached hydrogens (tertiary/aromatic N) is 3. The van der Waals surface area contributed by atoms with E-state index in [1.807, 2.05) is 23.1 Å². The van der Waals surface area contributed by atoms with Crippen molar-refractivity contribution in [2.24, 2.45) is 0 Å². The average molecular weight is 534 g/mol. The molecule has 1 aliphatic rings. The molecule has 8 nitrogen and oxygen atoms in total. The Kier molecular flexibility index (Phi) is 7.24. The van der Waals surface area contributed by atoms with E-state index in [0.717, 1.165) is 37.1 Å². The molecule has 196 valence electrons. The Hall–Kier alpha value is -4.04. The molecule has 1 saturated heterocycles. The summed E-state index contributed by atoms with van der Waals surface area (Å²) in [4.78, 5) is 41.9. The molecule has 5 rings (SSSR count). The molecular formula is C29H28ClN3O5. The van der Waals surface area contributed by atoms with Crippen LogP contribution in [0.5, 0.6) is 11.5 Å². The van der Waals surface area contributed by atoms with Gasteiger partial charge in [0.25, 0.3) is 11.5 Å². The van der Waals surface area contributed by atoms with Gasteiger partial charge in [-0.1, -0.05) is 41.9 Å². The van der Waals surface area contributed by atoms with Crippen LogP contribution >= 0.6 is 11.6 Å². The molecule has 4 aromatic rings. The molecule has 0 atom stereocenters. The molecule has 0 N–H and O–H groups in total. The zero-order valence-electron chi connectivity index (χ0n) is 21.3. The number of amides is 1. The van der Waals surface area contributed by atoms with Gasteiger partial charge in [0.1, 0.15) is 0 Å². The van der Waals surface area contributed by atoms with Crippen LogP contribution < -0.4 is 20.7 Å². The van der Waals surface area contributed by atoms with Crippen molar-refractivity contribution in [3.63, 3.8) is 0 Å². The van der Waals surface area contributed by atoms with E-state index in [0.29, 0.717) is 33.0 Å². The highest BCUT2D eigenvalue weighted by molar-refractivity contribution is 6.31. The predicted molar refractivity (Wildman–Crippen MR) is 147 cm³/mol. The largest absolute Gasteiger partial charge is 0.493 e. The van der Waals surface area contributed by atoms with Gasteiger partial charge in [-0.25, -0.2) is 4.79 Å². The molecule has 9 heteroatoms. The number of carbonyl (C=O) groups is 1. The Labute approximate surface area is 224 Å². The molecule has 0 saturated carbocycles. The van der Waals surface area contributed by atoms with E-state index in [4.69, 9.17) is 21.1 Å². The number of halogens is 1. The van der Waals surface area contributed by atoms with Crippen molar-refractivity contribution in [2.45, 2.75) is 25.9 Å². The second kappa shape index (κ2) is 10.8. The van der Waals surface area contributed by atoms with Gasteiger partial charge < -0.3 is 14.4 Å². The van der Waals surface area contributed by atoms with Crippen molar-refractivity contribution >= 4 is 28.4 Å². The third-order valence-electron chi connectivity index (χ3n) is 6.95. The minimum Gasteiger partial charge on any atom is -0.493 e. The monoisotopic (exact) mass is 533 g/mol. The fourth-order valence-corrected chi connectivity index (χ4v) is 5.07. The van der Waals surface area contributed by atoms with E-state index in [2.05, 4.69) is 0 Å². The quantitative estimate of drug-likeness (QED) is 0.356. The highest BCUT2D eigenvalue weighted by Crippen LogP contribution is 2.31. The van der Waals surface area contributed by atoms with Crippen LogP contribution in [0, 0.1) is 0 Å². The second-order valence-electron chi connectivity index (χ2n) is 9.27. The number of ether oxygens (including phenoxy) is 2. The first-order valence-electron chi connectivity index (χ1n) is 12.4. The van der Waals surface area contributed by atoms with Gasteiger partial charge in [0.05, 0.1) is 38.2 Å². The molecule has 1 amide bonds. The first kappa shape index (κ1) is 25.6. The number of rotatable bonds is 7. The van der Waals surface area contributed by atoms with Crippen molar-refractivity contribution in [1.82, 2.24) is 14.0 Å². The number of benzene rings is 3. The lowest BCUT2D eigenvalue weighted by Gasteiger charge is -2.17. The predicted octanol–water partition coefficient (Wildman–Crippen LogP) is 4.17. The van der Waals surface area contributed by atoms with Crippen LogP contribution in [0.4, 0.5) is 0 Å². The summed E-state index contributed by atoms with van der Waals surface area (Å²) in [6, 6.07) is 17.6. The van der Waals surface area contributed by atoms with Gasteiger partial charge in [-0.3, -0.25) is 18.7 Å². The SMILES string of the molecule is COc1cc2c(=O)n(Cc3ccc(C(=O)N4CCCC4)cc3)c(=O)n(Cc3ccccc3Cl)c2cc1OC. The molecule has 1 aromatic heterocycles. The summed E-state index contributed by atoms with van der Waals surface area (Å²) in [7, 11) is 2.99. The van der Waals surface area contributed by atoms with E-state index >= 15 is 0 Å². The smallest absolute Gasteiger partial charge is 0.332 e. The van der Waals surface area contributed by atoms with Gasteiger partial charge in [0.2, 0.25) is 0 Å². The van der Waals surface area contributed by atoms with E-state index in [1.165, 1.54) is 23.4 Å². The maximum atomic E-state index is 13.8. The molecule has 3 aromatic carbocycles. The molecule has 0 spiro atoms. The summed E-state index contributed by atoms with van der Waals surface area (Å²) in [6.07, 6.45) is 2.04. The van der Waals surface area contributed by atoms with Crippen LogP contribution in [0.15, 0.2) is 70.3 Å². The molecule has 0 radical (unpaired) electrons. The summed E-state index contributed by atoms with van der Waals surface area (Å²) in [5.41, 5.74) is 1.55. The molecule has 0 bridgehead atoms. The standard InChI is InChI=1S/C29H28ClN3O5/c1-37-25-15-22-24(16-26(25)38-2)32(18-21-7-3-4-8-23(21)30)29(36)33(28(22)35)17-19-9-11-20(12-10-19)27(34)31-13-5-6-14-31/h3-4,7-12,15-16H,5-6,13-14,17-18H2,1-2H3. The summed E-state index contributed by atoms with van der Waals surface area (Å²) in [5.74, 6) is 0.791. The third kappa shape index (κ3) is 4.79. The third-order valence-corrected chi connectivity index (χ3v) is 7.32. The fourth-order valence-electron chi connectivity index (χ4n) is 4.87. The van der Waals surface area contributed by atoms with Crippen LogP contribution in [0.25, 0.3) is 10.9 Å². The first-order valence-corrected chi connectivity index (χ1v) is 12.8. The summed E-state index contributed by atoms with van der Waals surface area (Å²) < 4.78 is 13.6. The molecule has 1 fully saturated rings. The topological polar surface area (TPSA) is 82.8 Å². The Morgan fingerprint density at radius 2 is 1.53 bits per heavy atom. The van der Waals surface area contributed by atoms with Crippen molar-refractivity contribution in [1.29, 1.82) is 0 Å². The van der Waals surface area contributed by atoms with Crippen molar-refractivity contribution in [3.05, 3.63) is 103 Å². The lowest BCUT2D eigenvalue weighted by atomic mass is 10.1. The Morgan fingerprint density at radius 3 is 2.18 bits per heavy atom. The fraction of sp³-hybridized carbons (Fsp3) is 0.276. The molecule has 2 heterocycles. The minimum atomic E-state index is -0.480. The molecule has 1 aliphatic heterocycles. The highest BCUT2D eigenvalue weighted by atomic mass is 35.5. The molecule has 0 aliphatic carbocycles. The Bertz CT molecular complexity index is 1620. The van der Waals surface area contributed by atoms with E-state index < -0.39 is 11.2 Å². The Morgan fingerprint density at radius 1 is 0.868 bits per heavy atom. The van der Waals surface area contributed by atoms with Gasteiger partial charge in [-0.15, -0.1) is 0 Å². The first-order chi connectivity index (χ1) is 18.4. The van der Waals surface area contributed by atoms with Gasteiger partial charge in [0.15, 0.2) is 11.5 Å². The number of carbonyl (C=O) groups excluding carboxylic acids is 1. The van der Waals surface area contributed by atoms with Crippen LogP contribution in [0.1, 0.15) is 34.3 Å². The zero-order chi connectivity index (χ0) is 26.8. The molecular weight excluding hydrogens is 506 g/mol. The average Bonchev–Trinajstić information content (AvgIpc) is 3.49. The number of methoxy groups -OCH3 is 2. The van der Waals surface area contributed by atoms with E-state index in [9.17, 15) is 14.4 Å². The summed E-state index contributed by atoms with van der Waals surface area (Å²) in [5, 5.41) is 0.833. The van der Waals surface area contributed by atoms with Crippen LogP contribution in [-0.4, -0.2) is 47.3 Å². The maximum Gasteiger partial charge on any atom is 0.332 e. The van der Waals surface area contributed by atoms with Gasteiger partial charge in [0, 0.05) is 29.7 Å². The second-order valence-corrected chi connectivity index (χ2v) is 9.68. The van der Waals surface area contributed by atoms with E-state index in [-0.39, 0.29) is 19.0 Å². The number of likely N-dealkylation sites (tertiary alicyclic amines) is 1. The van der Waals surface area contributed by atoms with Crippen LogP contribution in [0.2, 0.25) is 5.02 Å². The van der Waals surface area contributed by atoms with Crippen molar-refractivity contribution in [3.8, 4) is 11.5 Å². The van der Waals surface area contributed by atoms with Crippen LogP contribution in [-0.2, 0) is 13.1 Å². The molecule has 0 unspecified atom stereocenters. The normalized spacial score (nSPS) is 13.2. The number of aromatic nitrogens is 2. The zero-order valence-corrected chi connectivity index (χ0v) is 22.0. The maximum absolute atomic E-state index is 13.8. The van der Waals surface area contributed by atoms with Crippen LogP contribution in [0.3, 0.4) is 0 Å². The number of hydrogen-bond donors (Lipinski definition) is 0. The van der Waals surface area contributed by atoms with E-state index in [1.54, 1.807) is 42.5 Å². The minimum absolute atomic E-state index is 0.0000555. The highest BCUT2D eigenvalue weighted by Gasteiger charge is 2.20. The summed E-state index contributed by atoms with van der Waals surface area (Å²) >= 11 is 6.41. The van der Waals surface area contributed by atoms with Crippen molar-refractivity contribution in [2.75, 3.05) is 27.3 Å². The Balaban J connectivity index is 1.60. The van der Waals surface area contributed by atoms with Gasteiger partial charge in [-0.2, -0.15) is 0 Å². The lowest BCUT2D eigenvalue weighted by molar-refractivity contribution is 0.0793. The van der Waals surface area contributed by atoms with Gasteiger partial charge in [-0.05, 0) is 48.2 Å². The lowest BCUT2D eigenvalue weighted by Crippen LogP contribution is -2.40. The summed E-state index contributed by atoms with van der Waals surface area (Å²) in [6.45, 7) is 1.75. The number of fused-ring (bicyclic) bond motifs is 1. The molecule has 38 heavy (non-hydrogen) atoms. The van der Waals surface area contributed by atoms with Crippen molar-refractivity contribution < 1.29 is 14.3 Å². The van der Waals surface area contributed by atoms with Gasteiger partial charge >= 0.3 is 5.69 Å².